The zero-order valence-corrected chi connectivity index (χ0v) is 19.4. The lowest BCUT2D eigenvalue weighted by atomic mass is 10.1. The van der Waals surface area contributed by atoms with E-state index in [1.54, 1.807) is 0 Å². The molecule has 2 aromatic heterocycles. The number of phosphoric acid groups is 3. The van der Waals surface area contributed by atoms with Gasteiger partial charge in [-0.2, -0.15) is 18.6 Å². The van der Waals surface area contributed by atoms with Crippen LogP contribution in [-0.4, -0.2) is 81.0 Å². The molecule has 0 bridgehead atoms. The molecule has 34 heavy (non-hydrogen) atoms. The first kappa shape index (κ1) is 27.0. The van der Waals surface area contributed by atoms with Crippen molar-refractivity contribution in [1.29, 1.82) is 0 Å². The number of aliphatic hydroxyl groups excluding tert-OH is 1. The largest absolute Gasteiger partial charge is 0.490 e. The second-order valence-corrected chi connectivity index (χ2v) is 11.0. The van der Waals surface area contributed by atoms with E-state index < -0.39 is 54.3 Å². The molecule has 0 aliphatic carbocycles. The third kappa shape index (κ3) is 5.62. The van der Waals surface area contributed by atoms with E-state index in [1.807, 2.05) is 0 Å². The van der Waals surface area contributed by atoms with E-state index in [0.717, 1.165) is 18.0 Å². The van der Waals surface area contributed by atoms with Crippen molar-refractivity contribution in [2.75, 3.05) is 25.2 Å². The van der Waals surface area contributed by atoms with Gasteiger partial charge in [0.05, 0.1) is 12.9 Å². The maximum Gasteiger partial charge on any atom is 0.490 e. The van der Waals surface area contributed by atoms with Crippen LogP contribution < -0.4 is 11.5 Å². The quantitative estimate of drug-likeness (QED) is 0.122. The van der Waals surface area contributed by atoms with E-state index in [4.69, 9.17) is 30.7 Å². The number of hydrogen-bond acceptors (Lipinski definition) is 15. The van der Waals surface area contributed by atoms with Crippen molar-refractivity contribution in [3.8, 4) is 0 Å². The standard InChI is InChI=1S/C11H19N6O14P3/c1-27-11(19)6(18)4(2-28-33(23,24)31-34(25,26)30-32(20,21)22)29-9(11)17-3-14-5-7(12)15-10(13)16-8(5)17/h3-4,6,9,18-19H,2H2,1H3,(H,23,24)(H,25,26)(H2,20,21,22)(H4,12,13,15,16)/t4-,6-,9-,11+/m1/s1. The van der Waals surface area contributed by atoms with Gasteiger partial charge >= 0.3 is 23.5 Å². The molecule has 23 heteroatoms. The molecule has 20 nitrogen and oxygen atoms in total. The Balaban J connectivity index is 1.81. The Morgan fingerprint density at radius 1 is 1.15 bits per heavy atom. The van der Waals surface area contributed by atoms with Crippen LogP contribution >= 0.6 is 23.5 Å². The number of nitrogens with two attached hydrogens (primary N) is 2. The van der Waals surface area contributed by atoms with Crippen molar-refractivity contribution in [3.05, 3.63) is 6.33 Å². The molecular weight excluding hydrogens is 533 g/mol. The summed E-state index contributed by atoms with van der Waals surface area (Å²) in [6.07, 6.45) is -4.13. The van der Waals surface area contributed by atoms with Crippen LogP contribution in [0.1, 0.15) is 6.23 Å². The van der Waals surface area contributed by atoms with Gasteiger partial charge in [0.25, 0.3) is 0 Å². The Labute approximate surface area is 188 Å². The van der Waals surface area contributed by atoms with Crippen LogP contribution in [-0.2, 0) is 36.3 Å². The van der Waals surface area contributed by atoms with Crippen molar-refractivity contribution < 1.29 is 66.1 Å². The van der Waals surface area contributed by atoms with E-state index in [-0.39, 0.29) is 22.9 Å². The first-order chi connectivity index (χ1) is 15.5. The SMILES string of the molecule is CO[C@@]1(O)[C@H](O)[C@@H](COP(=O)(O)OP(=O)(O)OP(=O)(O)O)O[C@H]1n1cnc2c(N)nc(N)nc21. The molecule has 0 saturated carbocycles. The Hall–Kier alpha value is -1.60. The molecule has 2 aromatic rings. The smallest absolute Gasteiger partial charge is 0.384 e. The molecule has 1 aliphatic heterocycles. The van der Waals surface area contributed by atoms with Gasteiger partial charge in [-0.25, -0.2) is 18.7 Å². The highest BCUT2D eigenvalue weighted by Crippen LogP contribution is 2.66. The minimum absolute atomic E-state index is 0.0359. The highest BCUT2D eigenvalue weighted by molar-refractivity contribution is 7.66. The van der Waals surface area contributed by atoms with E-state index in [2.05, 4.69) is 28.1 Å². The van der Waals surface area contributed by atoms with E-state index in [0.29, 0.717) is 0 Å². The summed E-state index contributed by atoms with van der Waals surface area (Å²) in [4.78, 5) is 47.5. The Morgan fingerprint density at radius 3 is 2.38 bits per heavy atom. The van der Waals surface area contributed by atoms with Gasteiger partial charge in [-0.3, -0.25) is 9.09 Å². The van der Waals surface area contributed by atoms with Gasteiger partial charge in [-0.1, -0.05) is 0 Å². The number of aliphatic hydroxyl groups is 2. The van der Waals surface area contributed by atoms with Crippen molar-refractivity contribution in [1.82, 2.24) is 19.5 Å². The average molecular weight is 552 g/mol. The third-order valence-corrected chi connectivity index (χ3v) is 8.10. The van der Waals surface area contributed by atoms with Crippen LogP contribution in [0.2, 0.25) is 0 Å². The van der Waals surface area contributed by atoms with Gasteiger partial charge in [-0.15, -0.1) is 0 Å². The number of nitrogens with zero attached hydrogens (tertiary/aromatic N) is 4. The van der Waals surface area contributed by atoms with Crippen molar-refractivity contribution in [3.63, 3.8) is 0 Å². The van der Waals surface area contributed by atoms with Gasteiger partial charge in [0.2, 0.25) is 11.7 Å². The molecule has 6 atom stereocenters. The number of anilines is 2. The Morgan fingerprint density at radius 2 is 1.79 bits per heavy atom. The fraction of sp³-hybridized carbons (Fsp3) is 0.545. The van der Waals surface area contributed by atoms with Gasteiger partial charge in [0.15, 0.2) is 17.7 Å². The summed E-state index contributed by atoms with van der Waals surface area (Å²) in [7, 11) is -15.9. The van der Waals surface area contributed by atoms with Crippen LogP contribution in [0.25, 0.3) is 11.2 Å². The molecule has 1 saturated heterocycles. The first-order valence-corrected chi connectivity index (χ1v) is 13.1. The lowest BCUT2D eigenvalue weighted by molar-refractivity contribution is -0.264. The Bertz CT molecular complexity index is 1220. The number of hydrogen-bond donors (Lipinski definition) is 8. The van der Waals surface area contributed by atoms with Crippen LogP contribution in [0.5, 0.6) is 0 Å². The Kier molecular flexibility index (Phi) is 7.24. The molecule has 1 fully saturated rings. The molecule has 2 unspecified atom stereocenters. The first-order valence-electron chi connectivity index (χ1n) is 8.63. The molecule has 10 N–H and O–H groups in total. The highest BCUT2D eigenvalue weighted by Gasteiger charge is 2.58. The van der Waals surface area contributed by atoms with Gasteiger partial charge in [0, 0.05) is 7.11 Å². The average Bonchev–Trinajstić information content (AvgIpc) is 3.17. The predicted octanol–water partition coefficient (Wildman–Crippen LogP) is -2.07. The van der Waals surface area contributed by atoms with Gasteiger partial charge in [0.1, 0.15) is 17.7 Å². The summed E-state index contributed by atoms with van der Waals surface area (Å²) in [5.74, 6) is -2.88. The highest BCUT2D eigenvalue weighted by atomic mass is 31.3. The number of imidazole rings is 1. The number of methoxy groups -OCH3 is 1. The minimum atomic E-state index is -5.76. The number of fused-ring (bicyclic) bond motifs is 1. The lowest BCUT2D eigenvalue weighted by Gasteiger charge is -2.29. The summed E-state index contributed by atoms with van der Waals surface area (Å²) in [6, 6.07) is 0. The van der Waals surface area contributed by atoms with Gasteiger partial charge in [-0.05, 0) is 0 Å². The van der Waals surface area contributed by atoms with Crippen molar-refractivity contribution >= 4 is 46.4 Å². The fourth-order valence-electron chi connectivity index (χ4n) is 2.97. The zero-order chi connectivity index (χ0) is 25.7. The number of nitrogen functional groups attached to an aromatic ring is 2. The molecule has 0 amide bonds. The summed E-state index contributed by atoms with van der Waals surface area (Å²) < 4.78 is 57.1. The molecule has 3 rings (SSSR count). The van der Waals surface area contributed by atoms with Crippen LogP contribution in [0.4, 0.5) is 11.8 Å². The molecule has 3 heterocycles. The summed E-state index contributed by atoms with van der Waals surface area (Å²) >= 11 is 0. The summed E-state index contributed by atoms with van der Waals surface area (Å²) in [6.45, 7) is -1.07. The molecule has 1 aliphatic rings. The normalized spacial score (nSPS) is 29.2. The maximum absolute atomic E-state index is 11.9. The topological polar surface area (TPSA) is 314 Å². The molecule has 0 radical (unpaired) electrons. The summed E-state index contributed by atoms with van der Waals surface area (Å²) in [5, 5.41) is 21.4. The number of phosphoric ester groups is 1. The van der Waals surface area contributed by atoms with E-state index >= 15 is 0 Å². The zero-order valence-electron chi connectivity index (χ0n) is 16.8. The van der Waals surface area contributed by atoms with Crippen molar-refractivity contribution in [2.24, 2.45) is 0 Å². The maximum atomic E-state index is 11.9. The minimum Gasteiger partial charge on any atom is -0.384 e. The van der Waals surface area contributed by atoms with Gasteiger partial charge < -0.3 is 50.7 Å². The number of rotatable bonds is 9. The van der Waals surface area contributed by atoms with E-state index in [1.165, 1.54) is 0 Å². The van der Waals surface area contributed by atoms with E-state index in [9.17, 15) is 33.7 Å². The van der Waals surface area contributed by atoms with Crippen LogP contribution in [0.15, 0.2) is 6.33 Å². The predicted molar refractivity (Wildman–Crippen MR) is 106 cm³/mol. The molecule has 0 spiro atoms. The molecule has 0 aromatic carbocycles. The second kappa shape index (κ2) is 9.12. The monoisotopic (exact) mass is 552 g/mol. The van der Waals surface area contributed by atoms with Crippen molar-refractivity contribution in [2.45, 2.75) is 24.2 Å². The second-order valence-electron chi connectivity index (χ2n) is 6.61. The summed E-state index contributed by atoms with van der Waals surface area (Å²) in [5.41, 5.74) is 11.3. The van der Waals surface area contributed by atoms with Crippen LogP contribution in [0.3, 0.4) is 0 Å². The molecular formula is C11H19N6O14P3. The molecule has 192 valence electrons. The third-order valence-electron chi connectivity index (χ3n) is 4.30. The fourth-order valence-corrected chi connectivity index (χ4v) is 6.00. The number of aromatic nitrogens is 4. The van der Waals surface area contributed by atoms with Crippen LogP contribution in [0, 0.1) is 0 Å². The number of ether oxygens (including phenoxy) is 2. The lowest BCUT2D eigenvalue weighted by Crippen LogP contribution is -2.48.